The van der Waals surface area contributed by atoms with Crippen LogP contribution < -0.4 is 5.73 Å². The van der Waals surface area contributed by atoms with Crippen molar-refractivity contribution in [2.24, 2.45) is 0 Å². The first-order chi connectivity index (χ1) is 5.69. The van der Waals surface area contributed by atoms with Crippen LogP contribution in [0.15, 0.2) is 0 Å². The first kappa shape index (κ1) is 8.25. The van der Waals surface area contributed by atoms with Gasteiger partial charge in [0.15, 0.2) is 22.4 Å². The molecule has 1 aromatic rings. The lowest BCUT2D eigenvalue weighted by Gasteiger charge is -1.96. The van der Waals surface area contributed by atoms with Gasteiger partial charge in [-0.05, 0) is 0 Å². The molecule has 1 aromatic heterocycles. The first-order valence-electron chi connectivity index (χ1n) is 2.82. The molecule has 58 valence electrons. The number of nitrogens with two attached hydrogens (primary N) is 1. The molecule has 5 nitrogen and oxygen atoms in total. The molecular weight excluding hydrogens is 178 g/mol. The summed E-state index contributed by atoms with van der Waals surface area (Å²) in [4.78, 5) is 7.12. The maximum absolute atomic E-state index is 8.44. The van der Waals surface area contributed by atoms with Crippen LogP contribution in [0.2, 0.25) is 5.15 Å². The molecule has 6 heteroatoms. The monoisotopic (exact) mass is 179 g/mol. The molecule has 0 atom stereocenters. The van der Waals surface area contributed by atoms with Gasteiger partial charge in [0.2, 0.25) is 0 Å². The highest BCUT2D eigenvalue weighted by molar-refractivity contribution is 6.30. The molecule has 0 unspecified atom stereocenters. The lowest BCUT2D eigenvalue weighted by molar-refractivity contribution is 1.14. The molecule has 0 radical (unpaired) electrons. The lowest BCUT2D eigenvalue weighted by atomic mass is 10.4. The van der Waals surface area contributed by atoms with Crippen molar-refractivity contribution in [3.8, 4) is 12.1 Å². The fourth-order valence-corrected chi connectivity index (χ4v) is 0.756. The van der Waals surface area contributed by atoms with E-state index in [9.17, 15) is 0 Å². The van der Waals surface area contributed by atoms with E-state index in [2.05, 4.69) is 9.97 Å². The molecule has 0 fully saturated rings. The maximum atomic E-state index is 8.44. The number of rotatable bonds is 0. The van der Waals surface area contributed by atoms with E-state index >= 15 is 0 Å². The van der Waals surface area contributed by atoms with Crippen LogP contribution >= 0.6 is 11.6 Å². The zero-order valence-electron chi connectivity index (χ0n) is 5.74. The topological polar surface area (TPSA) is 99.4 Å². The van der Waals surface area contributed by atoms with Crippen LogP contribution in [-0.4, -0.2) is 9.97 Å². The molecule has 0 saturated heterocycles. The summed E-state index contributed by atoms with van der Waals surface area (Å²) in [6.45, 7) is 0. The Labute approximate surface area is 73.0 Å². The van der Waals surface area contributed by atoms with Gasteiger partial charge in [0.1, 0.15) is 12.1 Å². The molecule has 0 bridgehead atoms. The van der Waals surface area contributed by atoms with Gasteiger partial charge in [-0.2, -0.15) is 10.5 Å². The molecule has 0 aliphatic rings. The summed E-state index contributed by atoms with van der Waals surface area (Å²) in [5.41, 5.74) is 5.08. The Hall–Kier alpha value is -1.85. The lowest BCUT2D eigenvalue weighted by Crippen LogP contribution is -2.00. The Kier molecular flexibility index (Phi) is 2.09. The van der Waals surface area contributed by atoms with E-state index in [1.165, 1.54) is 0 Å². The third-order valence-electron chi connectivity index (χ3n) is 1.09. The third-order valence-corrected chi connectivity index (χ3v) is 1.36. The predicted octanol–water partition coefficient (Wildman–Crippen LogP) is 0.456. The molecule has 0 spiro atoms. The van der Waals surface area contributed by atoms with Crippen LogP contribution in [0.3, 0.4) is 0 Å². The van der Waals surface area contributed by atoms with Gasteiger partial charge in [0, 0.05) is 0 Å². The maximum Gasteiger partial charge on any atom is 0.184 e. The second-order valence-electron chi connectivity index (χ2n) is 1.82. The van der Waals surface area contributed by atoms with Crippen molar-refractivity contribution >= 4 is 17.4 Å². The number of anilines is 1. The van der Waals surface area contributed by atoms with Gasteiger partial charge in [0.05, 0.1) is 0 Å². The molecule has 0 saturated carbocycles. The number of nitriles is 2. The molecule has 0 aromatic carbocycles. The molecule has 0 amide bonds. The highest BCUT2D eigenvalue weighted by Gasteiger charge is 2.08. The van der Waals surface area contributed by atoms with Crippen molar-refractivity contribution in [1.82, 2.24) is 9.97 Å². The predicted molar refractivity (Wildman–Crippen MR) is 40.9 cm³/mol. The first-order valence-corrected chi connectivity index (χ1v) is 3.20. The second-order valence-corrected chi connectivity index (χ2v) is 2.18. The zero-order chi connectivity index (χ0) is 9.14. The highest BCUT2D eigenvalue weighted by atomic mass is 35.5. The summed E-state index contributed by atoms with van der Waals surface area (Å²) in [5, 5.41) is 16.8. The van der Waals surface area contributed by atoms with E-state index in [4.69, 9.17) is 27.9 Å². The van der Waals surface area contributed by atoms with E-state index in [0.29, 0.717) is 0 Å². The summed E-state index contributed by atoms with van der Waals surface area (Å²) >= 11 is 5.47. The normalized spacial score (nSPS) is 8.58. The number of halogens is 1. The van der Waals surface area contributed by atoms with Gasteiger partial charge in [-0.3, -0.25) is 0 Å². The summed E-state index contributed by atoms with van der Waals surface area (Å²) in [5.74, 6) is -0.0681. The van der Waals surface area contributed by atoms with Gasteiger partial charge in [0.25, 0.3) is 0 Å². The van der Waals surface area contributed by atoms with Crippen molar-refractivity contribution < 1.29 is 0 Å². The number of aromatic nitrogens is 2. The minimum absolute atomic E-state index is 0.0681. The van der Waals surface area contributed by atoms with E-state index in [1.54, 1.807) is 12.1 Å². The Bertz CT molecular complexity index is 364. The fraction of sp³-hybridized carbons (Fsp3) is 0. The third kappa shape index (κ3) is 1.26. The van der Waals surface area contributed by atoms with E-state index in [0.717, 1.165) is 0 Å². The zero-order valence-corrected chi connectivity index (χ0v) is 6.50. The van der Waals surface area contributed by atoms with Crippen molar-refractivity contribution in [1.29, 1.82) is 10.5 Å². The molecule has 12 heavy (non-hydrogen) atoms. The smallest absolute Gasteiger partial charge is 0.184 e. The van der Waals surface area contributed by atoms with Crippen LogP contribution in [0, 0.1) is 22.7 Å². The van der Waals surface area contributed by atoms with E-state index in [1.807, 2.05) is 0 Å². The quantitative estimate of drug-likeness (QED) is 0.624. The van der Waals surface area contributed by atoms with Gasteiger partial charge < -0.3 is 5.73 Å². The highest BCUT2D eigenvalue weighted by Crippen LogP contribution is 2.13. The van der Waals surface area contributed by atoms with Crippen molar-refractivity contribution in [3.63, 3.8) is 0 Å². The van der Waals surface area contributed by atoms with Crippen LogP contribution in [0.25, 0.3) is 0 Å². The Morgan fingerprint density at radius 1 is 1.17 bits per heavy atom. The molecular formula is C6H2ClN5. The minimum Gasteiger partial charge on any atom is -0.381 e. The molecule has 0 aliphatic heterocycles. The van der Waals surface area contributed by atoms with Gasteiger partial charge in [-0.1, -0.05) is 11.6 Å². The summed E-state index contributed by atoms with van der Waals surface area (Å²) in [7, 11) is 0. The summed E-state index contributed by atoms with van der Waals surface area (Å²) in [6, 6.07) is 3.37. The van der Waals surface area contributed by atoms with E-state index < -0.39 is 0 Å². The summed E-state index contributed by atoms with van der Waals surface area (Å²) in [6.07, 6.45) is 0. The number of nitrogen functional groups attached to an aromatic ring is 1. The van der Waals surface area contributed by atoms with Gasteiger partial charge in [-0.25, -0.2) is 9.97 Å². The van der Waals surface area contributed by atoms with Crippen molar-refractivity contribution in [2.75, 3.05) is 5.73 Å². The Morgan fingerprint density at radius 2 is 1.75 bits per heavy atom. The van der Waals surface area contributed by atoms with Crippen LogP contribution in [0.5, 0.6) is 0 Å². The van der Waals surface area contributed by atoms with E-state index in [-0.39, 0.29) is 22.4 Å². The summed E-state index contributed by atoms with van der Waals surface area (Å²) < 4.78 is 0. The SMILES string of the molecule is N#Cc1nc(C#N)c(Cl)nc1N. The van der Waals surface area contributed by atoms with Gasteiger partial charge in [-0.15, -0.1) is 0 Å². The standard InChI is InChI=1S/C6H2ClN5/c7-5-3(1-8)11-4(2-9)6(10)12-5/h(H2,10,12). The Balaban J connectivity index is 3.42. The molecule has 0 aliphatic carbocycles. The van der Waals surface area contributed by atoms with Crippen LogP contribution in [0.1, 0.15) is 11.4 Å². The van der Waals surface area contributed by atoms with Crippen LogP contribution in [-0.2, 0) is 0 Å². The molecule has 2 N–H and O–H groups in total. The number of hydrogen-bond donors (Lipinski definition) is 1. The van der Waals surface area contributed by atoms with Gasteiger partial charge >= 0.3 is 0 Å². The van der Waals surface area contributed by atoms with Crippen molar-refractivity contribution in [2.45, 2.75) is 0 Å². The largest absolute Gasteiger partial charge is 0.381 e. The number of hydrogen-bond acceptors (Lipinski definition) is 5. The second kappa shape index (κ2) is 3.04. The average Bonchev–Trinajstić information content (AvgIpc) is 2.05. The van der Waals surface area contributed by atoms with Crippen molar-refractivity contribution in [3.05, 3.63) is 16.5 Å². The molecule has 1 rings (SSSR count). The molecule has 1 heterocycles. The number of nitrogens with zero attached hydrogens (tertiary/aromatic N) is 4. The average molecular weight is 180 g/mol. The minimum atomic E-state index is -0.0950. The fourth-order valence-electron chi connectivity index (χ4n) is 0.580. The van der Waals surface area contributed by atoms with Crippen LogP contribution in [0.4, 0.5) is 5.82 Å². The Morgan fingerprint density at radius 3 is 2.25 bits per heavy atom.